The normalized spacial score (nSPS) is 9.50. The van der Waals surface area contributed by atoms with Crippen molar-refractivity contribution < 1.29 is 14.6 Å². The maximum atomic E-state index is 10.5. The number of carbonyl (C=O) groups is 1. The van der Waals surface area contributed by atoms with Crippen molar-refractivity contribution in [3.8, 4) is 18.1 Å². The monoisotopic (exact) mass is 238 g/mol. The molecule has 0 unspecified atom stereocenters. The number of ether oxygens (including phenoxy) is 1. The highest BCUT2D eigenvalue weighted by molar-refractivity contribution is 6.30. The predicted molar refractivity (Wildman–Crippen MR) is 61.7 cm³/mol. The largest absolute Gasteiger partial charge is 0.481 e. The molecule has 0 saturated heterocycles. The van der Waals surface area contributed by atoms with Crippen LogP contribution in [-0.2, 0) is 11.2 Å². The van der Waals surface area contributed by atoms with Crippen LogP contribution in [0.2, 0.25) is 5.02 Å². The predicted octanol–water partition coefficient (Wildman–Crippen LogP) is 2.37. The highest BCUT2D eigenvalue weighted by Gasteiger charge is 2.06. The van der Waals surface area contributed by atoms with E-state index in [1.807, 2.05) is 0 Å². The first-order valence-corrected chi connectivity index (χ1v) is 5.07. The lowest BCUT2D eigenvalue weighted by molar-refractivity contribution is -0.136. The average Bonchev–Trinajstić information content (AvgIpc) is 2.25. The summed E-state index contributed by atoms with van der Waals surface area (Å²) >= 11 is 5.82. The third kappa shape index (κ3) is 3.84. The first-order valence-electron chi connectivity index (χ1n) is 4.70. The van der Waals surface area contributed by atoms with E-state index in [0.29, 0.717) is 17.2 Å². The lowest BCUT2D eigenvalue weighted by Gasteiger charge is -2.09. The summed E-state index contributed by atoms with van der Waals surface area (Å²) in [6, 6.07) is 5.06. The van der Waals surface area contributed by atoms with Crippen molar-refractivity contribution in [3.05, 3.63) is 28.8 Å². The van der Waals surface area contributed by atoms with Crippen molar-refractivity contribution in [1.29, 1.82) is 0 Å². The number of hydrogen-bond acceptors (Lipinski definition) is 2. The van der Waals surface area contributed by atoms with Crippen molar-refractivity contribution in [1.82, 2.24) is 0 Å². The molecule has 0 amide bonds. The number of benzene rings is 1. The van der Waals surface area contributed by atoms with Gasteiger partial charge in [0.05, 0.1) is 0 Å². The maximum Gasteiger partial charge on any atom is 0.303 e. The SMILES string of the molecule is C#CCOc1ccc(Cl)cc1CCC(=O)O. The molecule has 0 fully saturated rings. The fourth-order valence-corrected chi connectivity index (χ4v) is 1.44. The first-order chi connectivity index (χ1) is 7.63. The Bertz CT molecular complexity index is 421. The molecule has 1 aromatic rings. The van der Waals surface area contributed by atoms with Crippen LogP contribution in [0.4, 0.5) is 0 Å². The first kappa shape index (κ1) is 12.4. The van der Waals surface area contributed by atoms with Crippen LogP contribution in [0.1, 0.15) is 12.0 Å². The number of rotatable bonds is 5. The van der Waals surface area contributed by atoms with Gasteiger partial charge in [-0.25, -0.2) is 0 Å². The van der Waals surface area contributed by atoms with Gasteiger partial charge in [0, 0.05) is 11.4 Å². The molecule has 0 aromatic heterocycles. The van der Waals surface area contributed by atoms with Gasteiger partial charge in [0.15, 0.2) is 0 Å². The van der Waals surface area contributed by atoms with Crippen molar-refractivity contribution >= 4 is 17.6 Å². The molecule has 0 aliphatic heterocycles. The van der Waals surface area contributed by atoms with Gasteiger partial charge in [-0.15, -0.1) is 6.42 Å². The third-order valence-corrected chi connectivity index (χ3v) is 2.18. The fourth-order valence-electron chi connectivity index (χ4n) is 1.25. The zero-order chi connectivity index (χ0) is 12.0. The summed E-state index contributed by atoms with van der Waals surface area (Å²) in [7, 11) is 0. The number of halogens is 1. The van der Waals surface area contributed by atoms with Gasteiger partial charge in [-0.05, 0) is 30.2 Å². The van der Waals surface area contributed by atoms with Gasteiger partial charge in [-0.3, -0.25) is 4.79 Å². The molecule has 0 radical (unpaired) electrons. The molecular weight excluding hydrogens is 228 g/mol. The van der Waals surface area contributed by atoms with E-state index in [9.17, 15) is 4.79 Å². The molecule has 1 N–H and O–H groups in total. The summed E-state index contributed by atoms with van der Waals surface area (Å²) in [5.41, 5.74) is 0.755. The molecule has 0 aliphatic carbocycles. The van der Waals surface area contributed by atoms with Gasteiger partial charge in [0.1, 0.15) is 12.4 Å². The second-order valence-electron chi connectivity index (χ2n) is 3.14. The number of carboxylic acids is 1. The molecule has 4 heteroatoms. The van der Waals surface area contributed by atoms with E-state index in [0.717, 1.165) is 5.56 Å². The zero-order valence-corrected chi connectivity index (χ0v) is 9.33. The van der Waals surface area contributed by atoms with Crippen LogP contribution in [0.25, 0.3) is 0 Å². The Morgan fingerprint density at radius 3 is 2.94 bits per heavy atom. The van der Waals surface area contributed by atoms with Crippen LogP contribution in [0.3, 0.4) is 0 Å². The molecule has 0 aliphatic rings. The van der Waals surface area contributed by atoms with E-state index in [-0.39, 0.29) is 13.0 Å². The standard InChI is InChI=1S/C12H11ClO3/c1-2-7-16-11-5-4-10(13)8-9(11)3-6-12(14)15/h1,4-5,8H,3,6-7H2,(H,14,15). The molecule has 0 atom stereocenters. The van der Waals surface area contributed by atoms with Gasteiger partial charge in [-0.2, -0.15) is 0 Å². The third-order valence-electron chi connectivity index (χ3n) is 1.94. The van der Waals surface area contributed by atoms with Crippen molar-refractivity contribution in [2.75, 3.05) is 6.61 Å². The van der Waals surface area contributed by atoms with Crippen molar-refractivity contribution in [3.63, 3.8) is 0 Å². The summed E-state index contributed by atoms with van der Waals surface area (Å²) < 4.78 is 5.29. The lowest BCUT2D eigenvalue weighted by Crippen LogP contribution is -2.01. The second kappa shape index (κ2) is 6.04. The van der Waals surface area contributed by atoms with Gasteiger partial charge in [0.25, 0.3) is 0 Å². The molecule has 0 bridgehead atoms. The highest BCUT2D eigenvalue weighted by Crippen LogP contribution is 2.24. The van der Waals surface area contributed by atoms with E-state index in [4.69, 9.17) is 27.9 Å². The molecule has 0 heterocycles. The Morgan fingerprint density at radius 2 is 2.31 bits per heavy atom. The van der Waals surface area contributed by atoms with E-state index in [2.05, 4.69) is 5.92 Å². The van der Waals surface area contributed by atoms with Crippen LogP contribution in [0, 0.1) is 12.3 Å². The molecule has 84 valence electrons. The average molecular weight is 239 g/mol. The number of aliphatic carboxylic acids is 1. The molecule has 0 spiro atoms. The minimum atomic E-state index is -0.858. The zero-order valence-electron chi connectivity index (χ0n) is 8.57. The Hall–Kier alpha value is -1.66. The maximum absolute atomic E-state index is 10.5. The Kier molecular flexibility index (Phi) is 4.68. The van der Waals surface area contributed by atoms with Crippen LogP contribution in [-0.4, -0.2) is 17.7 Å². The van der Waals surface area contributed by atoms with Crippen LogP contribution in [0.15, 0.2) is 18.2 Å². The van der Waals surface area contributed by atoms with E-state index >= 15 is 0 Å². The highest BCUT2D eigenvalue weighted by atomic mass is 35.5. The van der Waals surface area contributed by atoms with Gasteiger partial charge >= 0.3 is 5.97 Å². The lowest BCUT2D eigenvalue weighted by atomic mass is 10.1. The fraction of sp³-hybridized carbons (Fsp3) is 0.250. The number of terminal acetylenes is 1. The number of hydrogen-bond donors (Lipinski definition) is 1. The summed E-state index contributed by atoms with van der Waals surface area (Å²) in [5, 5.41) is 9.15. The Labute approximate surface area is 99.0 Å². The Morgan fingerprint density at radius 1 is 1.56 bits per heavy atom. The molecule has 1 aromatic carbocycles. The minimum Gasteiger partial charge on any atom is -0.481 e. The summed E-state index contributed by atoms with van der Waals surface area (Å²) in [6.45, 7) is 0.154. The summed E-state index contributed by atoms with van der Waals surface area (Å²) in [6.07, 6.45) is 5.49. The van der Waals surface area contributed by atoms with Gasteiger partial charge in [-0.1, -0.05) is 17.5 Å². The smallest absolute Gasteiger partial charge is 0.303 e. The van der Waals surface area contributed by atoms with E-state index in [1.165, 1.54) is 0 Å². The topological polar surface area (TPSA) is 46.5 Å². The van der Waals surface area contributed by atoms with Gasteiger partial charge < -0.3 is 9.84 Å². The van der Waals surface area contributed by atoms with Crippen LogP contribution in [0.5, 0.6) is 5.75 Å². The second-order valence-corrected chi connectivity index (χ2v) is 3.58. The number of carboxylic acid groups (broad SMARTS) is 1. The van der Waals surface area contributed by atoms with Crippen molar-refractivity contribution in [2.24, 2.45) is 0 Å². The molecular formula is C12H11ClO3. The molecule has 16 heavy (non-hydrogen) atoms. The summed E-state index contributed by atoms with van der Waals surface area (Å²) in [5.74, 6) is 2.08. The quantitative estimate of drug-likeness (QED) is 0.801. The van der Waals surface area contributed by atoms with Crippen LogP contribution >= 0.6 is 11.6 Å². The van der Waals surface area contributed by atoms with E-state index in [1.54, 1.807) is 18.2 Å². The number of aryl methyl sites for hydroxylation is 1. The molecule has 3 nitrogen and oxygen atoms in total. The van der Waals surface area contributed by atoms with Gasteiger partial charge in [0.2, 0.25) is 0 Å². The van der Waals surface area contributed by atoms with E-state index < -0.39 is 5.97 Å². The molecule has 1 rings (SSSR count). The van der Waals surface area contributed by atoms with Crippen molar-refractivity contribution in [2.45, 2.75) is 12.8 Å². The molecule has 0 saturated carbocycles. The minimum absolute atomic E-state index is 0.0345. The summed E-state index contributed by atoms with van der Waals surface area (Å²) in [4.78, 5) is 10.5. The Balaban J connectivity index is 2.81. The van der Waals surface area contributed by atoms with Crippen LogP contribution < -0.4 is 4.74 Å².